The Kier molecular flexibility index (Phi) is 5.91. The highest BCUT2D eigenvalue weighted by molar-refractivity contribution is 7.90. The highest BCUT2D eigenvalue weighted by Crippen LogP contribution is 2.38. The Bertz CT molecular complexity index is 1550. The molecule has 0 radical (unpaired) electrons. The predicted octanol–water partition coefficient (Wildman–Crippen LogP) is 5.97. The molecular weight excluding hydrogens is 458 g/mol. The number of benzene rings is 3. The number of hydrogen-bond donors (Lipinski definition) is 0. The van der Waals surface area contributed by atoms with Gasteiger partial charge in [0.05, 0.1) is 12.0 Å². The average molecular weight is 484 g/mol. The Morgan fingerprint density at radius 1 is 0.886 bits per heavy atom. The van der Waals surface area contributed by atoms with Crippen molar-refractivity contribution in [3.63, 3.8) is 0 Å². The van der Waals surface area contributed by atoms with Gasteiger partial charge in [-0.3, -0.25) is 0 Å². The number of carbonyl (C=O) groups is 1. The Morgan fingerprint density at radius 2 is 1.60 bits per heavy atom. The molecule has 0 atom stereocenters. The van der Waals surface area contributed by atoms with E-state index in [1.807, 2.05) is 37.3 Å². The normalized spacial score (nSPS) is 14.2. The van der Waals surface area contributed by atoms with Gasteiger partial charge in [0.15, 0.2) is 0 Å². The summed E-state index contributed by atoms with van der Waals surface area (Å²) in [6.07, 6.45) is 3.27. The summed E-state index contributed by atoms with van der Waals surface area (Å²) in [5.41, 5.74) is 6.59. The fourth-order valence-electron chi connectivity index (χ4n) is 4.56. The number of aromatic nitrogens is 1. The summed E-state index contributed by atoms with van der Waals surface area (Å²) in [7, 11) is -2.71. The van der Waals surface area contributed by atoms with Gasteiger partial charge in [-0.2, -0.15) is 0 Å². The van der Waals surface area contributed by atoms with Crippen LogP contribution in [0, 0.1) is 6.92 Å². The molecule has 0 unspecified atom stereocenters. The lowest BCUT2D eigenvalue weighted by molar-refractivity contribution is 0.0592. The lowest BCUT2D eigenvalue weighted by Gasteiger charge is -2.12. The van der Waals surface area contributed by atoms with Crippen LogP contribution in [-0.4, -0.2) is 25.5 Å². The highest BCUT2D eigenvalue weighted by Gasteiger charge is 2.33. The summed E-state index contributed by atoms with van der Waals surface area (Å²) < 4.78 is 33.3. The van der Waals surface area contributed by atoms with E-state index in [0.717, 1.165) is 33.4 Å². The zero-order chi connectivity index (χ0) is 24.6. The van der Waals surface area contributed by atoms with Gasteiger partial charge in [-0.15, -0.1) is 0 Å². The van der Waals surface area contributed by atoms with E-state index in [9.17, 15) is 13.2 Å². The van der Waals surface area contributed by atoms with Gasteiger partial charge in [-0.25, -0.2) is 17.2 Å². The van der Waals surface area contributed by atoms with Crippen LogP contribution in [0.25, 0.3) is 22.8 Å². The van der Waals surface area contributed by atoms with Crippen molar-refractivity contribution in [2.24, 2.45) is 0 Å². The Morgan fingerprint density at radius 3 is 2.31 bits per heavy atom. The first-order chi connectivity index (χ1) is 16.9. The molecule has 6 heteroatoms. The summed E-state index contributed by atoms with van der Waals surface area (Å²) in [5.74, 6) is -0.680. The molecule has 3 aromatic carbocycles. The predicted molar refractivity (Wildman–Crippen MR) is 138 cm³/mol. The number of hydrogen-bond acceptors (Lipinski definition) is 4. The lowest BCUT2D eigenvalue weighted by Crippen LogP contribution is -2.21. The molecule has 0 N–H and O–H groups in total. The molecule has 1 aromatic heterocycles. The molecule has 0 saturated carbocycles. The first-order valence-electron chi connectivity index (χ1n) is 11.4. The molecular formula is C29H25NO4S. The standard InChI is InChI=1S/C29H25NO4S/c1-20-11-14-25(15-12-20)35(32,33)30-27-16-13-24(26(27)19-28(30)29(31)34-2)18-21-7-6-10-23(17-21)22-8-4-3-5-9-22/h3-12,14-15,17-19H,13,16H2,1-2H3/b24-18+. The Hall–Kier alpha value is -3.90. The number of esters is 1. The smallest absolute Gasteiger partial charge is 0.355 e. The van der Waals surface area contributed by atoms with Gasteiger partial charge in [0.1, 0.15) is 5.69 Å². The largest absolute Gasteiger partial charge is 0.464 e. The molecule has 35 heavy (non-hydrogen) atoms. The fraction of sp³-hybridized carbons (Fsp3) is 0.138. The maximum atomic E-state index is 13.6. The zero-order valence-electron chi connectivity index (χ0n) is 19.6. The van der Waals surface area contributed by atoms with Crippen LogP contribution in [0.5, 0.6) is 0 Å². The molecule has 5 nitrogen and oxygen atoms in total. The Balaban J connectivity index is 1.61. The SMILES string of the molecule is COC(=O)c1cc2c(n1S(=O)(=O)c1ccc(C)cc1)CC/C2=C\c1cccc(-c2ccccc2)c1. The van der Waals surface area contributed by atoms with Crippen LogP contribution < -0.4 is 0 Å². The van der Waals surface area contributed by atoms with E-state index >= 15 is 0 Å². The van der Waals surface area contributed by atoms with Crippen molar-refractivity contribution in [1.82, 2.24) is 3.97 Å². The van der Waals surface area contributed by atoms with Crippen LogP contribution >= 0.6 is 0 Å². The molecule has 4 aromatic rings. The zero-order valence-corrected chi connectivity index (χ0v) is 20.4. The van der Waals surface area contributed by atoms with Crippen molar-refractivity contribution in [1.29, 1.82) is 0 Å². The van der Waals surface area contributed by atoms with E-state index in [1.54, 1.807) is 30.3 Å². The van der Waals surface area contributed by atoms with Crippen LogP contribution in [0.4, 0.5) is 0 Å². The number of fused-ring (bicyclic) bond motifs is 1. The number of aryl methyl sites for hydroxylation is 1. The molecule has 0 aliphatic heterocycles. The first-order valence-corrected chi connectivity index (χ1v) is 12.8. The summed E-state index contributed by atoms with van der Waals surface area (Å²) in [6.45, 7) is 1.90. The van der Waals surface area contributed by atoms with E-state index in [-0.39, 0.29) is 10.6 Å². The topological polar surface area (TPSA) is 65.4 Å². The third-order valence-corrected chi connectivity index (χ3v) is 8.09. The van der Waals surface area contributed by atoms with E-state index in [0.29, 0.717) is 18.5 Å². The minimum absolute atomic E-state index is 0.0155. The van der Waals surface area contributed by atoms with E-state index < -0.39 is 16.0 Å². The molecule has 0 fully saturated rings. The molecule has 1 aliphatic carbocycles. The van der Waals surface area contributed by atoms with Crippen LogP contribution in [0.3, 0.4) is 0 Å². The fourth-order valence-corrected chi connectivity index (χ4v) is 6.12. The Labute approximate surface area is 205 Å². The van der Waals surface area contributed by atoms with Gasteiger partial charge < -0.3 is 4.74 Å². The minimum Gasteiger partial charge on any atom is -0.464 e. The molecule has 0 saturated heterocycles. The number of carbonyl (C=O) groups excluding carboxylic acids is 1. The molecule has 1 heterocycles. The van der Waals surface area contributed by atoms with Crippen LogP contribution in [0.15, 0.2) is 89.8 Å². The maximum absolute atomic E-state index is 13.6. The second-order valence-electron chi connectivity index (χ2n) is 8.63. The second-order valence-corrected chi connectivity index (χ2v) is 10.4. The summed E-state index contributed by atoms with van der Waals surface area (Å²) >= 11 is 0. The van der Waals surface area contributed by atoms with Gasteiger partial charge in [-0.1, -0.05) is 72.3 Å². The number of nitrogens with zero attached hydrogens (tertiary/aromatic N) is 1. The summed E-state index contributed by atoms with van der Waals surface area (Å²) in [4.78, 5) is 12.8. The molecule has 176 valence electrons. The third kappa shape index (κ3) is 4.21. The first kappa shape index (κ1) is 22.9. The quantitative estimate of drug-likeness (QED) is 0.328. The van der Waals surface area contributed by atoms with Gasteiger partial charge in [0.25, 0.3) is 10.0 Å². The highest BCUT2D eigenvalue weighted by atomic mass is 32.2. The van der Waals surface area contributed by atoms with E-state index in [1.165, 1.54) is 11.1 Å². The minimum atomic E-state index is -3.97. The van der Waals surface area contributed by atoms with Crippen molar-refractivity contribution in [2.75, 3.05) is 7.11 Å². The maximum Gasteiger partial charge on any atom is 0.355 e. The van der Waals surface area contributed by atoms with Crippen molar-refractivity contribution in [2.45, 2.75) is 24.7 Å². The van der Waals surface area contributed by atoms with Crippen molar-refractivity contribution in [3.8, 4) is 11.1 Å². The number of methoxy groups -OCH3 is 1. The van der Waals surface area contributed by atoms with Gasteiger partial charge >= 0.3 is 5.97 Å². The average Bonchev–Trinajstić information content (AvgIpc) is 3.45. The molecule has 0 spiro atoms. The molecule has 0 amide bonds. The van der Waals surface area contributed by atoms with Crippen LogP contribution in [-0.2, 0) is 21.2 Å². The molecule has 5 rings (SSSR count). The van der Waals surface area contributed by atoms with Crippen LogP contribution in [0.2, 0.25) is 0 Å². The second kappa shape index (κ2) is 9.04. The van der Waals surface area contributed by atoms with Crippen molar-refractivity contribution in [3.05, 3.63) is 113 Å². The lowest BCUT2D eigenvalue weighted by atomic mass is 10.0. The van der Waals surface area contributed by atoms with Gasteiger partial charge in [0, 0.05) is 11.3 Å². The van der Waals surface area contributed by atoms with E-state index in [4.69, 9.17) is 4.74 Å². The number of rotatable bonds is 5. The monoisotopic (exact) mass is 483 g/mol. The van der Waals surface area contributed by atoms with Crippen molar-refractivity contribution < 1.29 is 17.9 Å². The van der Waals surface area contributed by atoms with Crippen molar-refractivity contribution >= 4 is 27.6 Å². The third-order valence-electron chi connectivity index (χ3n) is 6.32. The summed E-state index contributed by atoms with van der Waals surface area (Å²) in [6, 6.07) is 26.6. The molecule has 0 bridgehead atoms. The van der Waals surface area contributed by atoms with Gasteiger partial charge in [0.2, 0.25) is 0 Å². The number of ether oxygens (including phenoxy) is 1. The number of allylic oxidation sites excluding steroid dienone is 1. The molecule has 1 aliphatic rings. The summed E-state index contributed by atoms with van der Waals surface area (Å²) in [5, 5.41) is 0. The van der Waals surface area contributed by atoms with Crippen LogP contribution in [0.1, 0.15) is 39.3 Å². The van der Waals surface area contributed by atoms with Gasteiger partial charge in [-0.05, 0) is 66.3 Å². The van der Waals surface area contributed by atoms with E-state index in [2.05, 4.69) is 30.3 Å².